The number of hydrogen-bond donors (Lipinski definition) is 6. The summed E-state index contributed by atoms with van der Waals surface area (Å²) in [5.41, 5.74) is 8.03. The summed E-state index contributed by atoms with van der Waals surface area (Å²) >= 11 is 1.35. The van der Waals surface area contributed by atoms with Gasteiger partial charge in [-0.3, -0.25) is 4.79 Å². The quantitative estimate of drug-likeness (QED) is 0.205. The van der Waals surface area contributed by atoms with Gasteiger partial charge in [0.2, 0.25) is 5.12 Å². The Morgan fingerprint density at radius 3 is 1.81 bits per heavy atom. The van der Waals surface area contributed by atoms with Crippen molar-refractivity contribution >= 4 is 62.1 Å². The summed E-state index contributed by atoms with van der Waals surface area (Å²) in [6, 6.07) is 11.6. The molecule has 1 aliphatic carbocycles. The number of rotatable bonds is 0. The van der Waals surface area contributed by atoms with Crippen molar-refractivity contribution in [2.45, 2.75) is 11.2 Å². The Morgan fingerprint density at radius 2 is 1.19 bits per heavy atom. The number of fused-ring (bicyclic) bond motifs is 9. The highest BCUT2D eigenvalue weighted by atomic mass is 32.2. The maximum Gasteiger partial charge on any atom is 0.201 e. The van der Waals surface area contributed by atoms with Crippen LogP contribution in [0.1, 0.15) is 22.3 Å². The Morgan fingerprint density at radius 1 is 0.645 bits per heavy atom. The van der Waals surface area contributed by atoms with Crippen LogP contribution in [-0.2, 0) is 4.79 Å². The zero-order valence-electron chi connectivity index (χ0n) is 16.0. The second-order valence-electron chi connectivity index (χ2n) is 7.64. The van der Waals surface area contributed by atoms with Gasteiger partial charge in [-0.2, -0.15) is 0 Å². The molecule has 2 atom stereocenters. The van der Waals surface area contributed by atoms with Crippen LogP contribution in [0.2, 0.25) is 0 Å². The molecule has 6 N–H and O–H groups in total. The number of aromatic nitrogens is 8. The molecule has 0 fully saturated rings. The van der Waals surface area contributed by atoms with Crippen molar-refractivity contribution in [3.8, 4) is 0 Å². The topological polar surface area (TPSA) is 138 Å². The summed E-state index contributed by atoms with van der Waals surface area (Å²) in [6.45, 7) is 0. The second kappa shape index (κ2) is 6.05. The van der Waals surface area contributed by atoms with Crippen LogP contribution in [-0.4, -0.2) is 45.0 Å². The summed E-state index contributed by atoms with van der Waals surface area (Å²) in [4.78, 5) is 42.0. The smallest absolute Gasteiger partial charge is 0.201 e. The molecular weight excluding hydrogens is 412 g/mol. The van der Waals surface area contributed by atoms with E-state index in [2.05, 4.69) is 36.0 Å². The van der Waals surface area contributed by atoms with E-state index in [0.29, 0.717) is 16.9 Å². The van der Waals surface area contributed by atoms with Crippen molar-refractivity contribution in [2.75, 3.05) is 0 Å². The van der Waals surface area contributed by atoms with Crippen LogP contribution in [0.25, 0.3) is 45.2 Å². The largest absolute Gasteiger partial charge is 0.328 e. The Balaban J connectivity index is 1.63. The molecule has 0 aromatic carbocycles. The summed E-state index contributed by atoms with van der Waals surface area (Å²) in [7, 11) is 0. The lowest BCUT2D eigenvalue weighted by atomic mass is 9.90. The molecule has 9 nitrogen and oxygen atoms in total. The van der Waals surface area contributed by atoms with E-state index in [-0.39, 0.29) is 16.3 Å². The van der Waals surface area contributed by atoms with Gasteiger partial charge in [0.15, 0.2) is 0 Å². The van der Waals surface area contributed by atoms with Crippen molar-refractivity contribution in [1.29, 1.82) is 0 Å². The van der Waals surface area contributed by atoms with Gasteiger partial charge in [-0.05, 0) is 36.4 Å². The van der Waals surface area contributed by atoms with Crippen LogP contribution in [0.3, 0.4) is 0 Å². The lowest BCUT2D eigenvalue weighted by Crippen LogP contribution is -2.20. The van der Waals surface area contributed by atoms with E-state index < -0.39 is 0 Å². The first-order chi connectivity index (χ1) is 15.2. The van der Waals surface area contributed by atoms with Crippen LogP contribution in [0.5, 0.6) is 0 Å². The number of allylic oxidation sites excluding steroid dienone is 1. The minimum Gasteiger partial charge on any atom is -0.328 e. The minimum atomic E-state index is -0.309. The lowest BCUT2D eigenvalue weighted by molar-refractivity contribution is -0.111. The number of nitrogens with one attached hydrogen (secondary N) is 6. The molecule has 0 radical (unpaired) electrons. The highest BCUT2D eigenvalue weighted by molar-refractivity contribution is 8.14. The molecule has 5 aromatic rings. The fraction of sp³-hybridized carbons (Fsp3) is 0.0952. The molecular formula is C21H16N8OS. The fourth-order valence-electron chi connectivity index (χ4n) is 4.29. The van der Waals surface area contributed by atoms with Crippen molar-refractivity contribution in [2.24, 2.45) is 0 Å². The fourth-order valence-corrected chi connectivity index (χ4v) is 5.41. The Hall–Kier alpha value is -3.92. The van der Waals surface area contributed by atoms with Crippen molar-refractivity contribution in [3.05, 3.63) is 59.7 Å². The molecule has 5 aromatic heterocycles. The maximum atomic E-state index is 12.6. The predicted molar refractivity (Wildman–Crippen MR) is 121 cm³/mol. The zero-order valence-corrected chi connectivity index (χ0v) is 16.8. The second-order valence-corrected chi connectivity index (χ2v) is 8.79. The van der Waals surface area contributed by atoms with Gasteiger partial charge in [0.1, 0.15) is 45.2 Å². The Bertz CT molecular complexity index is 1670. The molecule has 7 heterocycles. The Labute approximate surface area is 177 Å². The third kappa shape index (κ3) is 2.61. The number of carbonyl (C=O) groups is 1. The first kappa shape index (κ1) is 16.8. The standard InChI is InChI=1S/C21H16N8OS/c30-21-9-1-2-10(31-21)18-17(9)19-27-15-7-5-13(25-15)23-11-3-4-12(22-11)24-14-6-8-16(26-14)28-20(18)29-19/h1-10,22-26H,(H,27,28,29). The molecule has 0 saturated carbocycles. The molecule has 152 valence electrons. The maximum absolute atomic E-state index is 12.6. The van der Waals surface area contributed by atoms with Crippen LogP contribution in [0.4, 0.5) is 0 Å². The number of aromatic amines is 6. The minimum absolute atomic E-state index is 0.0565. The van der Waals surface area contributed by atoms with E-state index in [0.717, 1.165) is 39.4 Å². The van der Waals surface area contributed by atoms with E-state index in [1.165, 1.54) is 11.8 Å². The molecule has 0 saturated heterocycles. The van der Waals surface area contributed by atoms with Crippen molar-refractivity contribution in [1.82, 2.24) is 39.9 Å². The first-order valence-electron chi connectivity index (χ1n) is 9.89. The summed E-state index contributed by atoms with van der Waals surface area (Å²) in [5, 5.41) is 0.0920. The third-order valence-electron chi connectivity index (χ3n) is 5.64. The summed E-state index contributed by atoms with van der Waals surface area (Å²) in [5.74, 6) is -0.309. The van der Waals surface area contributed by atoms with Gasteiger partial charge in [0.05, 0.1) is 11.2 Å². The van der Waals surface area contributed by atoms with Gasteiger partial charge >= 0.3 is 0 Å². The van der Waals surface area contributed by atoms with Gasteiger partial charge in [-0.15, -0.1) is 0 Å². The number of carbonyl (C=O) groups excluding carboxylic acids is 1. The predicted octanol–water partition coefficient (Wildman–Crippen LogP) is 4.27. The molecule has 8 rings (SSSR count). The van der Waals surface area contributed by atoms with E-state index in [1.54, 1.807) is 0 Å². The lowest BCUT2D eigenvalue weighted by Gasteiger charge is -2.28. The van der Waals surface area contributed by atoms with Gasteiger partial charge < -0.3 is 29.9 Å². The number of H-pyrrole nitrogens is 6. The molecule has 10 heteroatoms. The van der Waals surface area contributed by atoms with Gasteiger partial charge in [0, 0.05) is 11.1 Å². The van der Waals surface area contributed by atoms with Crippen LogP contribution < -0.4 is 0 Å². The number of hydrogen-bond acceptors (Lipinski definition) is 4. The number of thioether (sulfide) groups is 1. The third-order valence-corrected chi connectivity index (χ3v) is 6.77. The number of nitrogens with zero attached hydrogens (tertiary/aromatic N) is 2. The van der Waals surface area contributed by atoms with Gasteiger partial charge in [0.25, 0.3) is 0 Å². The van der Waals surface area contributed by atoms with Gasteiger partial charge in [-0.25, -0.2) is 9.97 Å². The molecule has 3 aliphatic rings. The molecule has 0 amide bonds. The van der Waals surface area contributed by atoms with E-state index in [4.69, 9.17) is 9.97 Å². The van der Waals surface area contributed by atoms with Crippen molar-refractivity contribution in [3.63, 3.8) is 0 Å². The Kier molecular flexibility index (Phi) is 3.28. The van der Waals surface area contributed by atoms with Crippen LogP contribution >= 0.6 is 11.8 Å². The molecule has 10 bridgehead atoms. The van der Waals surface area contributed by atoms with E-state index in [9.17, 15) is 4.79 Å². The summed E-state index contributed by atoms with van der Waals surface area (Å²) in [6.07, 6.45) is 4.06. The highest BCUT2D eigenvalue weighted by Crippen LogP contribution is 2.51. The zero-order chi connectivity index (χ0) is 20.5. The van der Waals surface area contributed by atoms with Crippen molar-refractivity contribution < 1.29 is 4.79 Å². The molecule has 2 aliphatic heterocycles. The molecule has 2 unspecified atom stereocenters. The first-order valence-corrected chi connectivity index (χ1v) is 10.8. The van der Waals surface area contributed by atoms with Crippen LogP contribution in [0, 0.1) is 0 Å². The van der Waals surface area contributed by atoms with Gasteiger partial charge in [-0.1, -0.05) is 23.9 Å². The highest BCUT2D eigenvalue weighted by Gasteiger charge is 2.39. The monoisotopic (exact) mass is 428 g/mol. The normalized spacial score (nSPS) is 19.4. The van der Waals surface area contributed by atoms with E-state index >= 15 is 0 Å². The average molecular weight is 428 g/mol. The molecule has 0 spiro atoms. The summed E-state index contributed by atoms with van der Waals surface area (Å²) < 4.78 is 0. The van der Waals surface area contributed by atoms with Crippen LogP contribution in [0.15, 0.2) is 48.6 Å². The average Bonchev–Trinajstić information content (AvgIpc) is 3.53. The molecule has 31 heavy (non-hydrogen) atoms. The van der Waals surface area contributed by atoms with E-state index in [1.807, 2.05) is 42.5 Å². The SMILES string of the molecule is O=C1SC2C=CC1c1c2c2nc3ccc([nH]3)[nH]c3ccc([nH]c4ccc(nc1[nH]2)[nH]4)[nH]3.